The zero-order valence-corrected chi connectivity index (χ0v) is 15.2. The molecular weight excluding hydrogens is 349 g/mol. The Hall–Kier alpha value is -1.96. The molecule has 0 saturated carbocycles. The number of carbonyl (C=O) groups is 1. The largest absolute Gasteiger partial charge is 0.489 e. The van der Waals surface area contributed by atoms with Gasteiger partial charge in [-0.1, -0.05) is 0 Å². The van der Waals surface area contributed by atoms with Crippen molar-refractivity contribution in [1.82, 2.24) is 4.90 Å². The number of halogens is 3. The molecule has 0 aliphatic carbocycles. The average molecular weight is 374 g/mol. The molecular formula is C18H25F3N2O3. The van der Waals surface area contributed by atoms with Crippen molar-refractivity contribution < 1.29 is 27.4 Å². The predicted octanol–water partition coefficient (Wildman–Crippen LogP) is 3.67. The molecule has 0 radical (unpaired) electrons. The second-order valence-corrected chi connectivity index (χ2v) is 7.39. The molecule has 0 spiro atoms. The molecule has 1 aromatic rings. The number of likely N-dealkylation sites (tertiary alicyclic amines) is 1. The molecule has 1 saturated heterocycles. The van der Waals surface area contributed by atoms with Crippen LogP contribution in [0.25, 0.3) is 0 Å². The third kappa shape index (κ3) is 5.52. The molecule has 1 aliphatic rings. The first-order valence-electron chi connectivity index (χ1n) is 8.51. The Morgan fingerprint density at radius 3 is 2.38 bits per heavy atom. The summed E-state index contributed by atoms with van der Waals surface area (Å²) in [6.45, 7) is 6.58. The van der Waals surface area contributed by atoms with Gasteiger partial charge in [0.15, 0.2) is 0 Å². The van der Waals surface area contributed by atoms with Gasteiger partial charge in [0.25, 0.3) is 0 Å². The van der Waals surface area contributed by atoms with E-state index in [9.17, 15) is 18.0 Å². The zero-order chi connectivity index (χ0) is 19.5. The van der Waals surface area contributed by atoms with Crippen LogP contribution in [0.4, 0.5) is 18.0 Å². The van der Waals surface area contributed by atoms with Crippen LogP contribution in [0, 0.1) is 5.92 Å². The lowest BCUT2D eigenvalue weighted by Crippen LogP contribution is -2.39. The molecule has 1 amide bonds. The molecule has 26 heavy (non-hydrogen) atoms. The van der Waals surface area contributed by atoms with Gasteiger partial charge < -0.3 is 20.1 Å². The Kier molecular flexibility index (Phi) is 6.05. The first-order valence-corrected chi connectivity index (χ1v) is 8.51. The van der Waals surface area contributed by atoms with E-state index >= 15 is 0 Å². The Bertz CT molecular complexity index is 612. The smallest absolute Gasteiger partial charge is 0.416 e. The number of carbonyl (C=O) groups excluding carboxylic acids is 1. The molecule has 5 nitrogen and oxygen atoms in total. The van der Waals surface area contributed by atoms with Gasteiger partial charge >= 0.3 is 12.3 Å². The number of ether oxygens (including phenoxy) is 2. The maximum Gasteiger partial charge on any atom is 0.416 e. The van der Waals surface area contributed by atoms with E-state index in [1.165, 1.54) is 12.1 Å². The van der Waals surface area contributed by atoms with Crippen molar-refractivity contribution in [2.24, 2.45) is 11.7 Å². The summed E-state index contributed by atoms with van der Waals surface area (Å²) >= 11 is 0. The van der Waals surface area contributed by atoms with Crippen LogP contribution in [0.3, 0.4) is 0 Å². The van der Waals surface area contributed by atoms with Crippen LogP contribution >= 0.6 is 0 Å². The number of nitrogens with zero attached hydrogens (tertiary/aromatic N) is 1. The van der Waals surface area contributed by atoms with Gasteiger partial charge in [-0.05, 0) is 51.5 Å². The number of hydrogen-bond donors (Lipinski definition) is 1. The van der Waals surface area contributed by atoms with E-state index in [0.29, 0.717) is 25.3 Å². The Balaban J connectivity index is 1.96. The SMILES string of the molecule is CC(C)(C)OC(=O)N1CCC([C@@H](CN)Oc2ccc(C(F)(F)F)cc2)C1. The van der Waals surface area contributed by atoms with Crippen molar-refractivity contribution in [3.8, 4) is 5.75 Å². The third-order valence-electron chi connectivity index (χ3n) is 4.10. The standard InChI is InChI=1S/C18H25F3N2O3/c1-17(2,3)26-16(24)23-9-8-12(11-23)15(10-22)25-14-6-4-13(5-7-14)18(19,20)21/h4-7,12,15H,8-11,22H2,1-3H3/t12?,15-/m1/s1. The number of amides is 1. The van der Waals surface area contributed by atoms with Gasteiger partial charge in [0.2, 0.25) is 0 Å². The minimum absolute atomic E-state index is 0.00480. The molecule has 1 unspecified atom stereocenters. The molecule has 1 aromatic carbocycles. The molecule has 1 fully saturated rings. The summed E-state index contributed by atoms with van der Waals surface area (Å²) < 4.78 is 49.0. The Morgan fingerprint density at radius 1 is 1.27 bits per heavy atom. The van der Waals surface area contributed by atoms with Crippen LogP contribution < -0.4 is 10.5 Å². The van der Waals surface area contributed by atoms with E-state index in [-0.39, 0.29) is 24.7 Å². The first-order chi connectivity index (χ1) is 12.0. The fourth-order valence-corrected chi connectivity index (χ4v) is 2.82. The summed E-state index contributed by atoms with van der Waals surface area (Å²) in [5.74, 6) is 0.318. The number of benzene rings is 1. The lowest BCUT2D eigenvalue weighted by Gasteiger charge is -2.26. The fourth-order valence-electron chi connectivity index (χ4n) is 2.82. The van der Waals surface area contributed by atoms with E-state index in [1.807, 2.05) is 0 Å². The van der Waals surface area contributed by atoms with Gasteiger partial charge in [-0.25, -0.2) is 4.79 Å². The summed E-state index contributed by atoms with van der Waals surface area (Å²) in [5.41, 5.74) is 4.48. The predicted molar refractivity (Wildman–Crippen MR) is 90.8 cm³/mol. The van der Waals surface area contributed by atoms with Gasteiger partial charge in [-0.2, -0.15) is 13.2 Å². The van der Waals surface area contributed by atoms with E-state index < -0.39 is 17.3 Å². The summed E-state index contributed by atoms with van der Waals surface area (Å²) in [6.07, 6.45) is -4.46. The third-order valence-corrected chi connectivity index (χ3v) is 4.10. The highest BCUT2D eigenvalue weighted by Gasteiger charge is 2.35. The van der Waals surface area contributed by atoms with Crippen molar-refractivity contribution in [2.45, 2.75) is 45.1 Å². The molecule has 2 atom stereocenters. The van der Waals surface area contributed by atoms with Crippen molar-refractivity contribution in [1.29, 1.82) is 0 Å². The van der Waals surface area contributed by atoms with Gasteiger partial charge in [-0.3, -0.25) is 0 Å². The highest BCUT2D eigenvalue weighted by atomic mass is 19.4. The molecule has 1 aliphatic heterocycles. The van der Waals surface area contributed by atoms with Gasteiger partial charge in [-0.15, -0.1) is 0 Å². The van der Waals surface area contributed by atoms with Crippen LogP contribution in [0.15, 0.2) is 24.3 Å². The molecule has 0 bridgehead atoms. The maximum atomic E-state index is 12.6. The van der Waals surface area contributed by atoms with Crippen LogP contribution in [0.5, 0.6) is 5.75 Å². The second-order valence-electron chi connectivity index (χ2n) is 7.39. The van der Waals surface area contributed by atoms with E-state index in [1.54, 1.807) is 25.7 Å². The first kappa shape index (κ1) is 20.4. The van der Waals surface area contributed by atoms with E-state index in [2.05, 4.69) is 0 Å². The van der Waals surface area contributed by atoms with Crippen molar-refractivity contribution >= 4 is 6.09 Å². The van der Waals surface area contributed by atoms with Crippen molar-refractivity contribution in [3.63, 3.8) is 0 Å². The van der Waals surface area contributed by atoms with E-state index in [0.717, 1.165) is 12.1 Å². The molecule has 2 rings (SSSR count). The van der Waals surface area contributed by atoms with Crippen LogP contribution in [0.2, 0.25) is 0 Å². The number of alkyl halides is 3. The van der Waals surface area contributed by atoms with Gasteiger partial charge in [0.05, 0.1) is 5.56 Å². The summed E-state index contributed by atoms with van der Waals surface area (Å²) in [4.78, 5) is 13.7. The quantitative estimate of drug-likeness (QED) is 0.873. The van der Waals surface area contributed by atoms with Gasteiger partial charge in [0.1, 0.15) is 17.5 Å². The summed E-state index contributed by atoms with van der Waals surface area (Å²) in [5, 5.41) is 0. The highest BCUT2D eigenvalue weighted by Crippen LogP contribution is 2.31. The second kappa shape index (κ2) is 7.73. The minimum atomic E-state index is -4.38. The monoisotopic (exact) mass is 374 g/mol. The summed E-state index contributed by atoms with van der Waals surface area (Å²) in [6, 6.07) is 4.52. The minimum Gasteiger partial charge on any atom is -0.489 e. The molecule has 0 aromatic heterocycles. The molecule has 2 N–H and O–H groups in total. The highest BCUT2D eigenvalue weighted by molar-refractivity contribution is 5.68. The van der Waals surface area contributed by atoms with Crippen molar-refractivity contribution in [3.05, 3.63) is 29.8 Å². The molecule has 8 heteroatoms. The van der Waals surface area contributed by atoms with Gasteiger partial charge in [0, 0.05) is 25.6 Å². The average Bonchev–Trinajstić information content (AvgIpc) is 3.00. The van der Waals surface area contributed by atoms with E-state index in [4.69, 9.17) is 15.2 Å². The lowest BCUT2D eigenvalue weighted by atomic mass is 10.0. The Morgan fingerprint density at radius 2 is 1.88 bits per heavy atom. The topological polar surface area (TPSA) is 64.8 Å². The number of nitrogens with two attached hydrogens (primary N) is 1. The molecule has 1 heterocycles. The maximum absolute atomic E-state index is 12.6. The molecule has 146 valence electrons. The lowest BCUT2D eigenvalue weighted by molar-refractivity contribution is -0.137. The zero-order valence-electron chi connectivity index (χ0n) is 15.2. The van der Waals surface area contributed by atoms with Crippen molar-refractivity contribution in [2.75, 3.05) is 19.6 Å². The van der Waals surface area contributed by atoms with Crippen LogP contribution in [-0.4, -0.2) is 42.3 Å². The van der Waals surface area contributed by atoms with Crippen LogP contribution in [0.1, 0.15) is 32.8 Å². The van der Waals surface area contributed by atoms with Crippen LogP contribution in [-0.2, 0) is 10.9 Å². The number of hydrogen-bond acceptors (Lipinski definition) is 4. The fraction of sp³-hybridized carbons (Fsp3) is 0.611. The summed E-state index contributed by atoms with van der Waals surface area (Å²) in [7, 11) is 0. The normalized spacial score (nSPS) is 19.3. The number of rotatable bonds is 4. The Labute approximate surface area is 151 Å².